The van der Waals surface area contributed by atoms with Crippen molar-refractivity contribution in [2.24, 2.45) is 22.4 Å². The Kier molecular flexibility index (Phi) is 4.37. The fraction of sp³-hybridized carbons (Fsp3) is 0.556. The van der Waals surface area contributed by atoms with Crippen LogP contribution in [-0.4, -0.2) is 18.2 Å². The van der Waals surface area contributed by atoms with Gasteiger partial charge in [-0.25, -0.2) is 5.43 Å². The Morgan fingerprint density at radius 3 is 2.83 bits per heavy atom. The van der Waals surface area contributed by atoms with Gasteiger partial charge in [0.1, 0.15) is 5.75 Å². The van der Waals surface area contributed by atoms with Crippen LogP contribution in [0.15, 0.2) is 23.3 Å². The number of nitrogens with one attached hydrogen (secondary N) is 1. The van der Waals surface area contributed by atoms with Crippen LogP contribution in [-0.2, 0) is 4.79 Å². The number of rotatable bonds is 4. The number of fused-ring (bicyclic) bond motifs is 2. The first-order valence-electron chi connectivity index (χ1n) is 8.12. The normalized spacial score (nSPS) is 26.5. The first kappa shape index (κ1) is 16.3. The second-order valence-corrected chi connectivity index (χ2v) is 7.60. The molecule has 4 nitrogen and oxygen atoms in total. The van der Waals surface area contributed by atoms with Crippen LogP contribution in [0.2, 0.25) is 5.02 Å². The predicted octanol–water partition coefficient (Wildman–Crippen LogP) is 3.96. The van der Waals surface area contributed by atoms with Gasteiger partial charge in [-0.1, -0.05) is 25.4 Å². The monoisotopic (exact) mass is 334 g/mol. The lowest BCUT2D eigenvalue weighted by molar-refractivity contribution is -0.123. The van der Waals surface area contributed by atoms with Gasteiger partial charge in [0.05, 0.1) is 0 Å². The van der Waals surface area contributed by atoms with Crippen molar-refractivity contribution in [2.45, 2.75) is 40.0 Å². The van der Waals surface area contributed by atoms with Gasteiger partial charge in [-0.15, -0.1) is 0 Å². The molecule has 0 aromatic heterocycles. The zero-order valence-electron chi connectivity index (χ0n) is 13.9. The number of nitrogens with zero attached hydrogens (tertiary/aromatic N) is 1. The fourth-order valence-corrected chi connectivity index (χ4v) is 4.02. The molecule has 2 aliphatic carbocycles. The van der Waals surface area contributed by atoms with Crippen molar-refractivity contribution in [2.75, 3.05) is 6.61 Å². The molecule has 0 radical (unpaired) electrons. The second-order valence-electron chi connectivity index (χ2n) is 7.19. The summed E-state index contributed by atoms with van der Waals surface area (Å²) in [5, 5.41) is 5.05. The number of carbonyl (C=O) groups excluding carboxylic acids is 1. The lowest BCUT2D eigenvalue weighted by Gasteiger charge is -2.22. The SMILES string of the molecule is Cc1cc(OCC(=O)N/N=C2/C[C@H]3CC[C@H]2C3(C)C)ccc1Cl. The summed E-state index contributed by atoms with van der Waals surface area (Å²) in [5.41, 5.74) is 5.03. The summed E-state index contributed by atoms with van der Waals surface area (Å²) < 4.78 is 5.48. The van der Waals surface area contributed by atoms with E-state index in [-0.39, 0.29) is 12.5 Å². The topological polar surface area (TPSA) is 50.7 Å². The van der Waals surface area contributed by atoms with Gasteiger partial charge in [0.2, 0.25) is 0 Å². The molecule has 5 heteroatoms. The van der Waals surface area contributed by atoms with E-state index in [2.05, 4.69) is 24.4 Å². The molecule has 0 spiro atoms. The van der Waals surface area contributed by atoms with Crippen LogP contribution in [0, 0.1) is 24.2 Å². The third-order valence-corrected chi connectivity index (χ3v) is 5.86. The minimum absolute atomic E-state index is 0.0463. The molecule has 1 aromatic rings. The maximum absolute atomic E-state index is 11.9. The number of hydrogen-bond donors (Lipinski definition) is 1. The summed E-state index contributed by atoms with van der Waals surface area (Å²) in [5.74, 6) is 1.62. The lowest BCUT2D eigenvalue weighted by Crippen LogP contribution is -2.27. The third-order valence-electron chi connectivity index (χ3n) is 5.44. The summed E-state index contributed by atoms with van der Waals surface area (Å²) in [7, 11) is 0. The van der Waals surface area contributed by atoms with E-state index in [1.807, 2.05) is 13.0 Å². The van der Waals surface area contributed by atoms with Gasteiger partial charge in [0.25, 0.3) is 5.91 Å². The number of amides is 1. The van der Waals surface area contributed by atoms with Crippen LogP contribution < -0.4 is 10.2 Å². The van der Waals surface area contributed by atoms with Gasteiger partial charge in [-0.3, -0.25) is 4.79 Å². The minimum atomic E-state index is -0.231. The van der Waals surface area contributed by atoms with Crippen molar-refractivity contribution in [1.82, 2.24) is 5.43 Å². The quantitative estimate of drug-likeness (QED) is 0.847. The molecular weight excluding hydrogens is 312 g/mol. The standard InChI is InChI=1S/C18H23ClN2O2/c1-11-8-13(5-7-15(11)19)23-10-17(22)21-20-16-9-12-4-6-14(16)18(12,2)3/h5,7-8,12,14H,4,6,9-10H2,1-3H3,(H,21,22)/b20-16-/t12-,14-/m1/s1. The van der Waals surface area contributed by atoms with E-state index >= 15 is 0 Å². The maximum Gasteiger partial charge on any atom is 0.277 e. The highest BCUT2D eigenvalue weighted by Crippen LogP contribution is 2.55. The number of hydrogen-bond acceptors (Lipinski definition) is 3. The van der Waals surface area contributed by atoms with E-state index in [9.17, 15) is 4.79 Å². The van der Waals surface area contributed by atoms with Gasteiger partial charge >= 0.3 is 0 Å². The molecule has 0 heterocycles. The maximum atomic E-state index is 11.9. The molecule has 124 valence electrons. The molecule has 3 rings (SSSR count). The first-order valence-corrected chi connectivity index (χ1v) is 8.50. The average molecular weight is 335 g/mol. The van der Waals surface area contributed by atoms with Crippen LogP contribution >= 0.6 is 11.6 Å². The Hall–Kier alpha value is -1.55. The molecule has 2 bridgehead atoms. The number of carbonyl (C=O) groups is 1. The lowest BCUT2D eigenvalue weighted by atomic mass is 9.82. The highest BCUT2D eigenvalue weighted by atomic mass is 35.5. The van der Waals surface area contributed by atoms with E-state index in [1.165, 1.54) is 12.8 Å². The van der Waals surface area contributed by atoms with Gasteiger partial charge in [0.15, 0.2) is 6.61 Å². The molecule has 1 amide bonds. The largest absolute Gasteiger partial charge is 0.484 e. The molecule has 0 unspecified atom stereocenters. The van der Waals surface area contributed by atoms with Gasteiger partial charge in [-0.05, 0) is 61.3 Å². The molecule has 0 aliphatic heterocycles. The van der Waals surface area contributed by atoms with Crippen molar-refractivity contribution < 1.29 is 9.53 Å². The van der Waals surface area contributed by atoms with Gasteiger partial charge in [-0.2, -0.15) is 5.10 Å². The molecule has 1 aromatic carbocycles. The van der Waals surface area contributed by atoms with Crippen molar-refractivity contribution in [3.63, 3.8) is 0 Å². The summed E-state index contributed by atoms with van der Waals surface area (Å²) in [6.07, 6.45) is 3.48. The zero-order valence-corrected chi connectivity index (χ0v) is 14.6. The van der Waals surface area contributed by atoms with Crippen LogP contribution in [0.1, 0.15) is 38.7 Å². The van der Waals surface area contributed by atoms with E-state index in [1.54, 1.807) is 12.1 Å². The molecular formula is C18H23ClN2O2. The predicted molar refractivity (Wildman–Crippen MR) is 91.9 cm³/mol. The Morgan fingerprint density at radius 2 is 2.22 bits per heavy atom. The Bertz CT molecular complexity index is 654. The summed E-state index contributed by atoms with van der Waals surface area (Å²) in [6, 6.07) is 5.34. The Balaban J connectivity index is 1.52. The molecule has 1 N–H and O–H groups in total. The highest BCUT2D eigenvalue weighted by Gasteiger charge is 2.51. The number of aryl methyl sites for hydroxylation is 1. The van der Waals surface area contributed by atoms with Gasteiger partial charge < -0.3 is 4.74 Å². The highest BCUT2D eigenvalue weighted by molar-refractivity contribution is 6.31. The summed E-state index contributed by atoms with van der Waals surface area (Å²) in [4.78, 5) is 11.9. The van der Waals surface area contributed by atoms with Crippen molar-refractivity contribution >= 4 is 23.2 Å². The summed E-state index contributed by atoms with van der Waals surface area (Å²) >= 11 is 5.97. The number of halogens is 1. The fourth-order valence-electron chi connectivity index (χ4n) is 3.90. The number of benzene rings is 1. The number of hydrazone groups is 1. The second kappa shape index (κ2) is 6.16. The van der Waals surface area contributed by atoms with Crippen LogP contribution in [0.3, 0.4) is 0 Å². The Morgan fingerprint density at radius 1 is 1.43 bits per heavy atom. The molecule has 2 atom stereocenters. The molecule has 0 saturated heterocycles. The first-order chi connectivity index (χ1) is 10.9. The summed E-state index contributed by atoms with van der Waals surface area (Å²) in [6.45, 7) is 6.48. The number of ether oxygens (including phenoxy) is 1. The van der Waals surface area contributed by atoms with E-state index < -0.39 is 0 Å². The van der Waals surface area contributed by atoms with Crippen molar-refractivity contribution in [1.29, 1.82) is 0 Å². The molecule has 2 aliphatic rings. The third kappa shape index (κ3) is 3.23. The van der Waals surface area contributed by atoms with Crippen LogP contribution in [0.4, 0.5) is 0 Å². The van der Waals surface area contributed by atoms with E-state index in [0.717, 1.165) is 17.7 Å². The average Bonchev–Trinajstić information content (AvgIpc) is 2.94. The molecule has 23 heavy (non-hydrogen) atoms. The van der Waals surface area contributed by atoms with Gasteiger partial charge in [0, 0.05) is 16.7 Å². The van der Waals surface area contributed by atoms with E-state index in [0.29, 0.717) is 28.0 Å². The molecule has 2 saturated carbocycles. The Labute approximate surface area is 142 Å². The zero-order chi connectivity index (χ0) is 16.6. The van der Waals surface area contributed by atoms with Crippen molar-refractivity contribution in [3.05, 3.63) is 28.8 Å². The van der Waals surface area contributed by atoms with Crippen molar-refractivity contribution in [3.8, 4) is 5.75 Å². The smallest absolute Gasteiger partial charge is 0.277 e. The van der Waals surface area contributed by atoms with Crippen LogP contribution in [0.5, 0.6) is 5.75 Å². The van der Waals surface area contributed by atoms with Crippen LogP contribution in [0.25, 0.3) is 0 Å². The minimum Gasteiger partial charge on any atom is -0.484 e. The van der Waals surface area contributed by atoms with E-state index in [4.69, 9.17) is 16.3 Å². The molecule has 2 fully saturated rings.